The summed E-state index contributed by atoms with van der Waals surface area (Å²) in [5.41, 5.74) is 0.816. The van der Waals surface area contributed by atoms with Gasteiger partial charge in [-0.3, -0.25) is 4.68 Å². The number of amides is 1. The van der Waals surface area contributed by atoms with Gasteiger partial charge in [0.1, 0.15) is 5.60 Å². The van der Waals surface area contributed by atoms with Gasteiger partial charge in [-0.1, -0.05) is 0 Å². The number of hydrogen-bond donors (Lipinski definition) is 1. The molecular formula is C21H36N4O3. The van der Waals surface area contributed by atoms with Crippen LogP contribution < -0.4 is 5.32 Å². The lowest BCUT2D eigenvalue weighted by Crippen LogP contribution is -2.53. The zero-order chi connectivity index (χ0) is 20.1. The van der Waals surface area contributed by atoms with Crippen LogP contribution in [0.5, 0.6) is 0 Å². The molecule has 1 N–H and O–H groups in total. The van der Waals surface area contributed by atoms with E-state index in [1.54, 1.807) is 0 Å². The Morgan fingerprint density at radius 1 is 1.39 bits per heavy atom. The molecule has 3 heterocycles. The molecule has 158 valence electrons. The van der Waals surface area contributed by atoms with Gasteiger partial charge in [0.05, 0.1) is 12.8 Å². The largest absolute Gasteiger partial charge is 0.444 e. The molecule has 0 unspecified atom stereocenters. The Labute approximate surface area is 168 Å². The molecule has 28 heavy (non-hydrogen) atoms. The van der Waals surface area contributed by atoms with E-state index in [9.17, 15) is 4.79 Å². The van der Waals surface area contributed by atoms with E-state index in [4.69, 9.17) is 9.47 Å². The minimum Gasteiger partial charge on any atom is -0.444 e. The number of ether oxygens (including phenoxy) is 2. The summed E-state index contributed by atoms with van der Waals surface area (Å²) >= 11 is 0. The Morgan fingerprint density at radius 2 is 2.21 bits per heavy atom. The Hall–Kier alpha value is -1.60. The van der Waals surface area contributed by atoms with E-state index >= 15 is 0 Å². The van der Waals surface area contributed by atoms with E-state index in [1.165, 1.54) is 5.56 Å². The Bertz CT molecular complexity index is 640. The quantitative estimate of drug-likeness (QED) is 0.754. The maximum Gasteiger partial charge on any atom is 0.410 e. The summed E-state index contributed by atoms with van der Waals surface area (Å²) in [4.78, 5) is 14.6. The number of carbonyl (C=O) groups excluding carboxylic acids is 1. The smallest absolute Gasteiger partial charge is 0.410 e. The molecule has 2 aliphatic heterocycles. The van der Waals surface area contributed by atoms with Crippen LogP contribution in [-0.4, -0.2) is 64.8 Å². The fourth-order valence-electron chi connectivity index (χ4n) is 4.36. The van der Waals surface area contributed by atoms with Crippen molar-refractivity contribution in [2.75, 3.05) is 26.3 Å². The summed E-state index contributed by atoms with van der Waals surface area (Å²) in [5, 5.41) is 7.98. The van der Waals surface area contributed by atoms with Crippen molar-refractivity contribution in [1.82, 2.24) is 20.0 Å². The van der Waals surface area contributed by atoms with Gasteiger partial charge >= 0.3 is 6.09 Å². The van der Waals surface area contributed by atoms with Crippen molar-refractivity contribution in [1.29, 1.82) is 0 Å². The molecule has 0 bridgehead atoms. The second-order valence-corrected chi connectivity index (χ2v) is 9.10. The highest BCUT2D eigenvalue weighted by atomic mass is 16.6. The molecule has 0 aromatic carbocycles. The monoisotopic (exact) mass is 392 g/mol. The van der Waals surface area contributed by atoms with Crippen molar-refractivity contribution in [3.05, 3.63) is 18.0 Å². The van der Waals surface area contributed by atoms with Crippen molar-refractivity contribution < 1.29 is 14.3 Å². The molecule has 3 rings (SSSR count). The minimum absolute atomic E-state index is 0.184. The number of nitrogens with one attached hydrogen (secondary N) is 1. The third-order valence-electron chi connectivity index (χ3n) is 5.63. The first-order valence-corrected chi connectivity index (χ1v) is 10.6. The van der Waals surface area contributed by atoms with Crippen molar-refractivity contribution in [3.8, 4) is 0 Å². The van der Waals surface area contributed by atoms with Gasteiger partial charge in [0.15, 0.2) is 0 Å². The lowest BCUT2D eigenvalue weighted by atomic mass is 9.87. The first-order chi connectivity index (χ1) is 13.3. The lowest BCUT2D eigenvalue weighted by Gasteiger charge is -2.40. The predicted molar refractivity (Wildman–Crippen MR) is 108 cm³/mol. The average Bonchev–Trinajstić information content (AvgIpc) is 3.26. The van der Waals surface area contributed by atoms with Crippen molar-refractivity contribution in [2.45, 2.75) is 70.6 Å². The highest BCUT2D eigenvalue weighted by Gasteiger charge is 2.41. The van der Waals surface area contributed by atoms with Crippen LogP contribution in [0.4, 0.5) is 4.79 Å². The van der Waals surface area contributed by atoms with Gasteiger partial charge in [-0.25, -0.2) is 4.79 Å². The Kier molecular flexibility index (Phi) is 6.99. The molecule has 0 saturated carbocycles. The molecule has 0 aliphatic carbocycles. The van der Waals surface area contributed by atoms with Crippen LogP contribution in [0.25, 0.3) is 0 Å². The van der Waals surface area contributed by atoms with Gasteiger partial charge < -0.3 is 19.7 Å². The molecule has 2 aliphatic rings. The molecule has 2 fully saturated rings. The van der Waals surface area contributed by atoms with E-state index < -0.39 is 5.60 Å². The molecule has 1 aromatic rings. The van der Waals surface area contributed by atoms with Gasteiger partial charge in [-0.2, -0.15) is 5.10 Å². The van der Waals surface area contributed by atoms with Gasteiger partial charge in [0.2, 0.25) is 0 Å². The molecule has 0 radical (unpaired) electrons. The molecular weight excluding hydrogens is 356 g/mol. The first kappa shape index (κ1) is 21.1. The van der Waals surface area contributed by atoms with Gasteiger partial charge in [0, 0.05) is 44.4 Å². The Balaban J connectivity index is 1.53. The third kappa shape index (κ3) is 5.70. The van der Waals surface area contributed by atoms with E-state index in [2.05, 4.69) is 16.6 Å². The standard InChI is InChI=1S/C21H36N4O3/c1-21(2,3)28-20(26)25-11-6-8-19(25)17-15-27-12-9-18(17)22-10-5-7-16-13-23-24(4)14-16/h13-14,17-19,22H,5-12,15H2,1-4H3/t17-,18+,19+/m0/s1. The number of likely N-dealkylation sites (tertiary alicyclic amines) is 1. The van der Waals surface area contributed by atoms with Crippen LogP contribution in [0, 0.1) is 5.92 Å². The van der Waals surface area contributed by atoms with Crippen LogP contribution in [-0.2, 0) is 22.9 Å². The predicted octanol–water partition coefficient (Wildman–Crippen LogP) is 2.75. The van der Waals surface area contributed by atoms with Crippen molar-refractivity contribution >= 4 is 6.09 Å². The second kappa shape index (κ2) is 9.27. The van der Waals surface area contributed by atoms with E-state index in [0.29, 0.717) is 18.6 Å². The molecule has 3 atom stereocenters. The van der Waals surface area contributed by atoms with Crippen LogP contribution in [0.1, 0.15) is 52.0 Å². The topological polar surface area (TPSA) is 68.6 Å². The molecule has 7 heteroatoms. The number of carbonyl (C=O) groups is 1. The zero-order valence-corrected chi connectivity index (χ0v) is 17.8. The summed E-state index contributed by atoms with van der Waals surface area (Å²) in [6.07, 6.45) is 9.00. The van der Waals surface area contributed by atoms with Crippen molar-refractivity contribution in [3.63, 3.8) is 0 Å². The summed E-state index contributed by atoms with van der Waals surface area (Å²) in [6.45, 7) is 9.02. The fraction of sp³-hybridized carbons (Fsp3) is 0.810. The number of hydrogen-bond acceptors (Lipinski definition) is 5. The molecule has 1 aromatic heterocycles. The minimum atomic E-state index is -0.461. The van der Waals surface area contributed by atoms with Crippen LogP contribution in [0.15, 0.2) is 12.4 Å². The second-order valence-electron chi connectivity index (χ2n) is 9.10. The molecule has 0 spiro atoms. The SMILES string of the molecule is Cn1cc(CCCN[C@@H]2CCOC[C@@H]2[C@H]2CCCN2C(=O)OC(C)(C)C)cn1. The number of nitrogens with zero attached hydrogens (tertiary/aromatic N) is 3. The molecule has 7 nitrogen and oxygen atoms in total. The molecule has 1 amide bonds. The zero-order valence-electron chi connectivity index (χ0n) is 17.8. The van der Waals surface area contributed by atoms with E-state index in [-0.39, 0.29) is 12.1 Å². The van der Waals surface area contributed by atoms with Crippen LogP contribution in [0.3, 0.4) is 0 Å². The van der Waals surface area contributed by atoms with E-state index in [0.717, 1.165) is 51.8 Å². The third-order valence-corrected chi connectivity index (χ3v) is 5.63. The Morgan fingerprint density at radius 3 is 2.93 bits per heavy atom. The van der Waals surface area contributed by atoms with E-state index in [1.807, 2.05) is 43.6 Å². The highest BCUT2D eigenvalue weighted by Crippen LogP contribution is 2.31. The fourth-order valence-corrected chi connectivity index (χ4v) is 4.36. The van der Waals surface area contributed by atoms with Gasteiger partial charge in [-0.15, -0.1) is 0 Å². The summed E-state index contributed by atoms with van der Waals surface area (Å²) < 4.78 is 13.3. The highest BCUT2D eigenvalue weighted by molar-refractivity contribution is 5.69. The van der Waals surface area contributed by atoms with Crippen LogP contribution >= 0.6 is 0 Å². The van der Waals surface area contributed by atoms with Crippen molar-refractivity contribution in [2.24, 2.45) is 13.0 Å². The maximum absolute atomic E-state index is 12.7. The molecule has 2 saturated heterocycles. The number of aryl methyl sites for hydroxylation is 2. The summed E-state index contributed by atoms with van der Waals surface area (Å²) in [7, 11) is 1.95. The normalized spacial score (nSPS) is 25.9. The van der Waals surface area contributed by atoms with Gasteiger partial charge in [-0.05, 0) is 65.0 Å². The lowest BCUT2D eigenvalue weighted by molar-refractivity contribution is -0.0165. The summed E-state index contributed by atoms with van der Waals surface area (Å²) in [5.74, 6) is 0.321. The van der Waals surface area contributed by atoms with Gasteiger partial charge in [0.25, 0.3) is 0 Å². The number of rotatable bonds is 6. The maximum atomic E-state index is 12.7. The average molecular weight is 393 g/mol. The number of aromatic nitrogens is 2. The van der Waals surface area contributed by atoms with Crippen LogP contribution in [0.2, 0.25) is 0 Å². The first-order valence-electron chi connectivity index (χ1n) is 10.6. The summed E-state index contributed by atoms with van der Waals surface area (Å²) in [6, 6.07) is 0.585.